The van der Waals surface area contributed by atoms with Crippen LogP contribution in [0.25, 0.3) is 0 Å². The van der Waals surface area contributed by atoms with Crippen molar-refractivity contribution in [3.8, 4) is 0 Å². The molecule has 2 fully saturated rings. The van der Waals surface area contributed by atoms with E-state index < -0.39 is 23.3 Å². The van der Waals surface area contributed by atoms with E-state index in [1.807, 2.05) is 6.92 Å². The van der Waals surface area contributed by atoms with E-state index in [4.69, 9.17) is 5.73 Å². The van der Waals surface area contributed by atoms with E-state index in [1.165, 1.54) is 21.6 Å². The molecule has 0 saturated carbocycles. The number of urea groups is 1. The number of carbonyl (C=O) groups excluding carboxylic acids is 2. The predicted molar refractivity (Wildman–Crippen MR) is 74.1 cm³/mol. The van der Waals surface area contributed by atoms with Gasteiger partial charge in [0.1, 0.15) is 6.04 Å². The molecule has 2 aliphatic rings. The first-order valence-corrected chi connectivity index (χ1v) is 7.53. The van der Waals surface area contributed by atoms with Gasteiger partial charge in [0, 0.05) is 18.8 Å². The van der Waals surface area contributed by atoms with Crippen LogP contribution in [0.2, 0.25) is 0 Å². The van der Waals surface area contributed by atoms with Gasteiger partial charge in [-0.15, -0.1) is 11.8 Å². The smallest absolute Gasteiger partial charge is 0.327 e. The van der Waals surface area contributed by atoms with Crippen molar-refractivity contribution in [2.75, 3.05) is 18.8 Å². The number of primary amides is 1. The SMILES string of the molecule is CC1SCC(C(=O)O)N1C(=O)N1CCC(C)(C(N)=O)C1. The molecule has 0 radical (unpaired) electrons. The van der Waals surface area contributed by atoms with Gasteiger partial charge >= 0.3 is 12.0 Å². The fraction of sp³-hybridized carbons (Fsp3) is 0.750. The molecule has 0 spiro atoms. The summed E-state index contributed by atoms with van der Waals surface area (Å²) in [6.07, 6.45) is 0.515. The molecule has 20 heavy (non-hydrogen) atoms. The van der Waals surface area contributed by atoms with Gasteiger partial charge in [-0.25, -0.2) is 9.59 Å². The Morgan fingerprint density at radius 2 is 2.05 bits per heavy atom. The van der Waals surface area contributed by atoms with Crippen molar-refractivity contribution in [3.05, 3.63) is 0 Å². The van der Waals surface area contributed by atoms with E-state index in [-0.39, 0.29) is 17.9 Å². The summed E-state index contributed by atoms with van der Waals surface area (Å²) in [5, 5.41) is 9.01. The highest BCUT2D eigenvalue weighted by atomic mass is 32.2. The summed E-state index contributed by atoms with van der Waals surface area (Å²) < 4.78 is 0. The van der Waals surface area contributed by atoms with Crippen molar-refractivity contribution in [2.45, 2.75) is 31.7 Å². The van der Waals surface area contributed by atoms with Gasteiger partial charge in [0.2, 0.25) is 5.91 Å². The number of nitrogens with zero attached hydrogens (tertiary/aromatic N) is 2. The van der Waals surface area contributed by atoms with Crippen molar-refractivity contribution >= 4 is 29.7 Å². The summed E-state index contributed by atoms with van der Waals surface area (Å²) in [5.41, 5.74) is 4.64. The summed E-state index contributed by atoms with van der Waals surface area (Å²) in [4.78, 5) is 38.1. The first kappa shape index (κ1) is 15.0. The number of amides is 3. The molecule has 2 rings (SSSR count). The third-order valence-electron chi connectivity index (χ3n) is 4.07. The monoisotopic (exact) mass is 301 g/mol. The second-order valence-corrected chi connectivity index (χ2v) is 6.92. The van der Waals surface area contributed by atoms with Crippen molar-refractivity contribution < 1.29 is 19.5 Å². The van der Waals surface area contributed by atoms with Gasteiger partial charge in [-0.05, 0) is 20.3 Å². The second kappa shape index (κ2) is 5.16. The Morgan fingerprint density at radius 1 is 1.40 bits per heavy atom. The Morgan fingerprint density at radius 3 is 2.55 bits per heavy atom. The van der Waals surface area contributed by atoms with Crippen LogP contribution in [0, 0.1) is 5.41 Å². The molecule has 112 valence electrons. The van der Waals surface area contributed by atoms with Gasteiger partial charge in [0.15, 0.2) is 0 Å². The van der Waals surface area contributed by atoms with E-state index in [2.05, 4.69) is 0 Å². The standard InChI is InChI=1S/C12H19N3O4S/c1-7-15(8(5-20-7)9(16)17)11(19)14-4-3-12(2,6-14)10(13)18/h7-8H,3-6H2,1-2H3,(H2,13,18)(H,16,17). The van der Waals surface area contributed by atoms with Crippen LogP contribution in [0.4, 0.5) is 4.79 Å². The van der Waals surface area contributed by atoms with E-state index in [0.717, 1.165) is 0 Å². The molecule has 3 N–H and O–H groups in total. The maximum atomic E-state index is 12.5. The van der Waals surface area contributed by atoms with Crippen LogP contribution in [0.15, 0.2) is 0 Å². The number of likely N-dealkylation sites (tertiary alicyclic amines) is 1. The zero-order chi connectivity index (χ0) is 15.1. The minimum Gasteiger partial charge on any atom is -0.480 e. The topological polar surface area (TPSA) is 104 Å². The van der Waals surface area contributed by atoms with Crippen molar-refractivity contribution in [1.29, 1.82) is 0 Å². The maximum Gasteiger partial charge on any atom is 0.327 e. The third kappa shape index (κ3) is 2.44. The van der Waals surface area contributed by atoms with E-state index >= 15 is 0 Å². The van der Waals surface area contributed by atoms with Crippen molar-refractivity contribution in [1.82, 2.24) is 9.80 Å². The van der Waals surface area contributed by atoms with Crippen molar-refractivity contribution in [2.24, 2.45) is 11.1 Å². The van der Waals surface area contributed by atoms with Crippen LogP contribution < -0.4 is 5.73 Å². The Labute approximate surface area is 121 Å². The molecule has 0 aromatic rings. The number of carboxylic acids is 1. The van der Waals surface area contributed by atoms with Gasteiger partial charge in [-0.3, -0.25) is 9.69 Å². The maximum absolute atomic E-state index is 12.5. The molecule has 2 saturated heterocycles. The molecule has 7 nitrogen and oxygen atoms in total. The van der Waals surface area contributed by atoms with Crippen LogP contribution in [-0.2, 0) is 9.59 Å². The Bertz CT molecular complexity index is 458. The number of hydrogen-bond acceptors (Lipinski definition) is 4. The Kier molecular flexibility index (Phi) is 3.86. The zero-order valence-electron chi connectivity index (χ0n) is 11.5. The number of aliphatic carboxylic acids is 1. The van der Waals surface area contributed by atoms with Gasteiger partial charge in [0.05, 0.1) is 10.8 Å². The van der Waals surface area contributed by atoms with Gasteiger partial charge in [0.25, 0.3) is 0 Å². The minimum atomic E-state index is -0.993. The van der Waals surface area contributed by atoms with Crippen LogP contribution in [-0.4, -0.2) is 63.1 Å². The van der Waals surface area contributed by atoms with Gasteiger partial charge in [-0.1, -0.05) is 0 Å². The molecule has 3 unspecified atom stereocenters. The largest absolute Gasteiger partial charge is 0.480 e. The summed E-state index contributed by atoms with van der Waals surface area (Å²) in [6.45, 7) is 4.23. The molecule has 0 aliphatic carbocycles. The normalized spacial score (nSPS) is 33.5. The first-order chi connectivity index (χ1) is 9.26. The average molecular weight is 301 g/mol. The number of thioether (sulfide) groups is 1. The molecule has 0 aromatic heterocycles. The fourth-order valence-corrected chi connectivity index (χ4v) is 3.77. The summed E-state index contributed by atoms with van der Waals surface area (Å²) in [7, 11) is 0. The lowest BCUT2D eigenvalue weighted by Crippen LogP contribution is -2.51. The molecule has 0 bridgehead atoms. The van der Waals surface area contributed by atoms with Crippen LogP contribution >= 0.6 is 11.8 Å². The molecular formula is C12H19N3O4S. The quantitative estimate of drug-likeness (QED) is 0.755. The number of rotatable bonds is 2. The number of hydrogen-bond donors (Lipinski definition) is 2. The molecule has 0 aromatic carbocycles. The zero-order valence-corrected chi connectivity index (χ0v) is 12.4. The fourth-order valence-electron chi connectivity index (χ4n) is 2.61. The van der Waals surface area contributed by atoms with E-state index in [1.54, 1.807) is 6.92 Å². The lowest BCUT2D eigenvalue weighted by atomic mass is 9.89. The van der Waals surface area contributed by atoms with Crippen LogP contribution in [0.1, 0.15) is 20.3 Å². The highest BCUT2D eigenvalue weighted by molar-refractivity contribution is 8.00. The molecule has 3 amide bonds. The Hall–Kier alpha value is -1.44. The molecule has 2 aliphatic heterocycles. The van der Waals surface area contributed by atoms with Gasteiger partial charge < -0.3 is 15.7 Å². The van der Waals surface area contributed by atoms with E-state index in [0.29, 0.717) is 18.7 Å². The summed E-state index contributed by atoms with van der Waals surface area (Å²) >= 11 is 1.44. The second-order valence-electron chi connectivity index (χ2n) is 5.57. The van der Waals surface area contributed by atoms with Gasteiger partial charge in [-0.2, -0.15) is 0 Å². The summed E-state index contributed by atoms with van der Waals surface area (Å²) in [6, 6.07) is -1.12. The first-order valence-electron chi connectivity index (χ1n) is 6.48. The molecule has 2 heterocycles. The lowest BCUT2D eigenvalue weighted by Gasteiger charge is -2.30. The number of nitrogens with two attached hydrogens (primary N) is 1. The Balaban J connectivity index is 2.12. The molecule has 3 atom stereocenters. The highest BCUT2D eigenvalue weighted by Gasteiger charge is 2.46. The van der Waals surface area contributed by atoms with Crippen LogP contribution in [0.3, 0.4) is 0 Å². The molecular weight excluding hydrogens is 282 g/mol. The van der Waals surface area contributed by atoms with Crippen molar-refractivity contribution in [3.63, 3.8) is 0 Å². The number of carboxylic acid groups (broad SMARTS) is 1. The van der Waals surface area contributed by atoms with Crippen LogP contribution in [0.5, 0.6) is 0 Å². The predicted octanol–water partition coefficient (Wildman–Crippen LogP) is 0.152. The summed E-state index contributed by atoms with van der Waals surface area (Å²) in [5.74, 6) is -1.03. The third-order valence-corrected chi connectivity index (χ3v) is 5.29. The molecule has 8 heteroatoms. The lowest BCUT2D eigenvalue weighted by molar-refractivity contribution is -0.141. The highest BCUT2D eigenvalue weighted by Crippen LogP contribution is 2.34. The van der Waals surface area contributed by atoms with E-state index in [9.17, 15) is 19.5 Å². The average Bonchev–Trinajstić information content (AvgIpc) is 2.93. The minimum absolute atomic E-state index is 0.177. The number of carbonyl (C=O) groups is 3.